The number of hydrogen-bond acceptors (Lipinski definition) is 7. The molecule has 8 nitrogen and oxygen atoms in total. The van der Waals surface area contributed by atoms with E-state index in [0.717, 1.165) is 22.3 Å². The number of imide groups is 1. The van der Waals surface area contributed by atoms with Gasteiger partial charge in [0.15, 0.2) is 5.60 Å². The van der Waals surface area contributed by atoms with Crippen molar-refractivity contribution in [1.29, 1.82) is 0 Å². The monoisotopic (exact) mass is 497 g/mol. The Labute approximate surface area is 173 Å². The van der Waals surface area contributed by atoms with Crippen LogP contribution >= 0.6 is 22.6 Å². The lowest BCUT2D eigenvalue weighted by Gasteiger charge is -2.34. The third kappa shape index (κ3) is 2.75. The average molecular weight is 497 g/mol. The van der Waals surface area contributed by atoms with Gasteiger partial charge in [-0.1, -0.05) is 6.08 Å². The summed E-state index contributed by atoms with van der Waals surface area (Å²) in [5, 5.41) is 0. The summed E-state index contributed by atoms with van der Waals surface area (Å²) < 4.78 is 17.2. The van der Waals surface area contributed by atoms with Gasteiger partial charge in [0.05, 0.1) is 23.6 Å². The van der Waals surface area contributed by atoms with Crippen LogP contribution in [0.4, 0.5) is 5.69 Å². The standard InChI is InChI=1S/C19H16INO7/c1-9(22)26-18(27-10(2)23)19-8-7-13(28-19)14-15(19)17(25)21(16(14)24)12-5-3-11(20)4-6-12/h3-8,13-15,18H,1-2H3/t13-,14-,15-,19+/m1/s1. The fraction of sp³-hybridized carbons (Fsp3) is 0.368. The Hall–Kier alpha value is -2.27. The number of carbonyl (C=O) groups excluding carboxylic acids is 4. The minimum atomic E-state index is -1.53. The number of fused-ring (bicyclic) bond motifs is 5. The van der Waals surface area contributed by atoms with E-state index in [1.807, 2.05) is 0 Å². The molecule has 0 aromatic heterocycles. The van der Waals surface area contributed by atoms with Crippen LogP contribution in [0.15, 0.2) is 36.4 Å². The molecular weight excluding hydrogens is 481 g/mol. The van der Waals surface area contributed by atoms with Crippen LogP contribution < -0.4 is 4.90 Å². The van der Waals surface area contributed by atoms with Crippen LogP contribution in [0.5, 0.6) is 0 Å². The number of hydrogen-bond donors (Lipinski definition) is 0. The topological polar surface area (TPSA) is 99.2 Å². The van der Waals surface area contributed by atoms with Gasteiger partial charge in [-0.3, -0.25) is 19.2 Å². The Balaban J connectivity index is 1.74. The van der Waals surface area contributed by atoms with Gasteiger partial charge < -0.3 is 14.2 Å². The van der Waals surface area contributed by atoms with Crippen molar-refractivity contribution in [3.63, 3.8) is 0 Å². The number of halogens is 1. The Morgan fingerprint density at radius 2 is 1.71 bits per heavy atom. The number of esters is 2. The third-order valence-electron chi connectivity index (χ3n) is 5.08. The van der Waals surface area contributed by atoms with Crippen LogP contribution in [-0.2, 0) is 33.4 Å². The molecule has 0 N–H and O–H groups in total. The zero-order valence-electron chi connectivity index (χ0n) is 15.0. The maximum Gasteiger partial charge on any atom is 0.305 e. The van der Waals surface area contributed by atoms with Gasteiger partial charge in [-0.2, -0.15) is 0 Å². The number of carbonyl (C=O) groups is 4. The number of nitrogens with zero attached hydrogens (tertiary/aromatic N) is 1. The average Bonchev–Trinajstić information content (AvgIpc) is 3.26. The van der Waals surface area contributed by atoms with Crippen LogP contribution in [0.25, 0.3) is 0 Å². The van der Waals surface area contributed by atoms with Gasteiger partial charge in [0.25, 0.3) is 6.29 Å². The van der Waals surface area contributed by atoms with Crippen molar-refractivity contribution < 1.29 is 33.4 Å². The summed E-state index contributed by atoms with van der Waals surface area (Å²) in [6.07, 6.45) is 1.07. The highest BCUT2D eigenvalue weighted by Gasteiger charge is 2.72. The smallest absolute Gasteiger partial charge is 0.305 e. The second kappa shape index (κ2) is 6.66. The van der Waals surface area contributed by atoms with Crippen LogP contribution in [0.1, 0.15) is 13.8 Å². The molecule has 0 unspecified atom stereocenters. The van der Waals surface area contributed by atoms with Crippen molar-refractivity contribution in [1.82, 2.24) is 0 Å². The summed E-state index contributed by atoms with van der Waals surface area (Å²) in [4.78, 5) is 50.6. The maximum atomic E-state index is 13.3. The van der Waals surface area contributed by atoms with Crippen LogP contribution in [-0.4, -0.2) is 41.7 Å². The summed E-state index contributed by atoms with van der Waals surface area (Å²) in [5.41, 5.74) is -1.08. The Morgan fingerprint density at radius 3 is 2.29 bits per heavy atom. The Morgan fingerprint density at radius 1 is 1.11 bits per heavy atom. The predicted octanol–water partition coefficient (Wildman–Crippen LogP) is 1.56. The van der Waals surface area contributed by atoms with E-state index in [1.165, 1.54) is 0 Å². The fourth-order valence-corrected chi connectivity index (χ4v) is 4.42. The SMILES string of the molecule is CC(=O)OC(OC(C)=O)[C@@]12C=C[C@@H](O1)[C@H]1C(=O)N(c3ccc(I)cc3)C(=O)[C@@H]12. The Kier molecular flexibility index (Phi) is 4.53. The van der Waals surface area contributed by atoms with E-state index in [1.54, 1.807) is 36.4 Å². The lowest BCUT2D eigenvalue weighted by Crippen LogP contribution is -2.52. The molecule has 28 heavy (non-hydrogen) atoms. The molecule has 1 aromatic rings. The molecule has 3 heterocycles. The number of rotatable bonds is 4. The van der Waals surface area contributed by atoms with E-state index in [-0.39, 0.29) is 0 Å². The molecule has 2 amide bonds. The molecule has 2 fully saturated rings. The lowest BCUT2D eigenvalue weighted by atomic mass is 9.76. The van der Waals surface area contributed by atoms with Crippen molar-refractivity contribution in [2.75, 3.05) is 4.90 Å². The third-order valence-corrected chi connectivity index (χ3v) is 5.80. The van der Waals surface area contributed by atoms with Crippen LogP contribution in [0.3, 0.4) is 0 Å². The summed E-state index contributed by atoms with van der Waals surface area (Å²) in [6.45, 7) is 2.32. The second-order valence-electron chi connectivity index (χ2n) is 6.84. The van der Waals surface area contributed by atoms with E-state index in [0.29, 0.717) is 5.69 Å². The van der Waals surface area contributed by atoms with Gasteiger partial charge in [0.1, 0.15) is 0 Å². The summed E-state index contributed by atoms with van der Waals surface area (Å²) in [5.74, 6) is -4.00. The Bertz CT molecular complexity index is 895. The molecule has 4 rings (SSSR count). The molecule has 3 aliphatic rings. The van der Waals surface area contributed by atoms with Crippen LogP contribution in [0.2, 0.25) is 0 Å². The molecule has 3 aliphatic heterocycles. The number of ether oxygens (including phenoxy) is 3. The van der Waals surface area contributed by atoms with Gasteiger partial charge in [0, 0.05) is 17.4 Å². The molecule has 0 radical (unpaired) electrons. The van der Waals surface area contributed by atoms with Crippen molar-refractivity contribution >= 4 is 52.0 Å². The molecule has 2 saturated heterocycles. The molecule has 9 heteroatoms. The molecule has 1 aromatic carbocycles. The van der Waals surface area contributed by atoms with Gasteiger partial charge >= 0.3 is 11.9 Å². The molecule has 146 valence electrons. The van der Waals surface area contributed by atoms with Gasteiger partial charge in [0.2, 0.25) is 11.8 Å². The van der Waals surface area contributed by atoms with E-state index < -0.39 is 53.6 Å². The normalized spacial score (nSPS) is 30.1. The maximum absolute atomic E-state index is 13.3. The zero-order valence-corrected chi connectivity index (χ0v) is 17.1. The highest BCUT2D eigenvalue weighted by molar-refractivity contribution is 14.1. The molecule has 4 atom stereocenters. The second-order valence-corrected chi connectivity index (χ2v) is 8.08. The number of amides is 2. The van der Waals surface area contributed by atoms with E-state index in [2.05, 4.69) is 22.6 Å². The van der Waals surface area contributed by atoms with Gasteiger partial charge in [-0.25, -0.2) is 4.90 Å². The van der Waals surface area contributed by atoms with Crippen LogP contribution in [0, 0.1) is 15.4 Å². The van der Waals surface area contributed by atoms with E-state index in [4.69, 9.17) is 14.2 Å². The van der Waals surface area contributed by atoms with Crippen molar-refractivity contribution in [3.05, 3.63) is 40.0 Å². The lowest BCUT2D eigenvalue weighted by molar-refractivity contribution is -0.226. The zero-order chi connectivity index (χ0) is 20.2. The first kappa shape index (κ1) is 19.1. The van der Waals surface area contributed by atoms with E-state index >= 15 is 0 Å². The molecule has 0 saturated carbocycles. The van der Waals surface area contributed by atoms with Gasteiger partial charge in [-0.15, -0.1) is 0 Å². The quantitative estimate of drug-likeness (QED) is 0.205. The minimum Gasteiger partial charge on any atom is -0.422 e. The molecule has 0 aliphatic carbocycles. The predicted molar refractivity (Wildman–Crippen MR) is 103 cm³/mol. The summed E-state index contributed by atoms with van der Waals surface area (Å²) in [7, 11) is 0. The first-order chi connectivity index (χ1) is 13.2. The fourth-order valence-electron chi connectivity index (χ4n) is 4.06. The highest BCUT2D eigenvalue weighted by Crippen LogP contribution is 2.54. The molecule has 0 spiro atoms. The number of benzene rings is 1. The first-order valence-corrected chi connectivity index (χ1v) is 9.67. The number of anilines is 1. The van der Waals surface area contributed by atoms with Crippen molar-refractivity contribution in [3.8, 4) is 0 Å². The highest BCUT2D eigenvalue weighted by atomic mass is 127. The molecular formula is C19H16INO7. The summed E-state index contributed by atoms with van der Waals surface area (Å²) >= 11 is 2.13. The van der Waals surface area contributed by atoms with Crippen molar-refractivity contribution in [2.24, 2.45) is 11.8 Å². The van der Waals surface area contributed by atoms with Gasteiger partial charge in [-0.05, 0) is 52.9 Å². The van der Waals surface area contributed by atoms with E-state index in [9.17, 15) is 19.2 Å². The first-order valence-electron chi connectivity index (χ1n) is 8.59. The largest absolute Gasteiger partial charge is 0.422 e. The molecule has 2 bridgehead atoms. The summed E-state index contributed by atoms with van der Waals surface area (Å²) in [6, 6.07) is 6.97. The van der Waals surface area contributed by atoms with Crippen molar-refractivity contribution in [2.45, 2.75) is 31.8 Å². The minimum absolute atomic E-state index is 0.392.